The second kappa shape index (κ2) is 9.11. The van der Waals surface area contributed by atoms with Crippen molar-refractivity contribution in [1.82, 2.24) is 20.0 Å². The zero-order valence-corrected chi connectivity index (χ0v) is 17.1. The van der Waals surface area contributed by atoms with Crippen molar-refractivity contribution in [3.05, 3.63) is 77.6 Å². The lowest BCUT2D eigenvalue weighted by Gasteiger charge is -2.30. The summed E-state index contributed by atoms with van der Waals surface area (Å²) in [6, 6.07) is 17.5. The lowest BCUT2D eigenvalue weighted by molar-refractivity contribution is 0.106. The molecule has 0 aliphatic carbocycles. The van der Waals surface area contributed by atoms with E-state index in [1.54, 1.807) is 6.20 Å². The highest BCUT2D eigenvalue weighted by molar-refractivity contribution is 5.89. The van der Waals surface area contributed by atoms with E-state index in [-0.39, 0.29) is 12.6 Å². The molecule has 30 heavy (non-hydrogen) atoms. The first-order valence-corrected chi connectivity index (χ1v) is 10.2. The standard InChI is InChI=1S/C23H27N5O2/c1-17-9-11-25-28(17)21-8-4-7-20(13-21)26-23(30)24-14-22(29)16-27-12-10-18-5-2-3-6-19(18)15-27/h2-9,11,13,22,29H,10,12,14-16H2,1H3,(H2,24,26,30). The number of carbonyl (C=O) groups is 1. The number of hydrogen-bond acceptors (Lipinski definition) is 4. The average Bonchev–Trinajstić information content (AvgIpc) is 3.18. The molecule has 0 spiro atoms. The summed E-state index contributed by atoms with van der Waals surface area (Å²) in [5, 5.41) is 20.2. The topological polar surface area (TPSA) is 82.4 Å². The van der Waals surface area contributed by atoms with Gasteiger partial charge < -0.3 is 15.7 Å². The lowest BCUT2D eigenvalue weighted by atomic mass is 10.00. The highest BCUT2D eigenvalue weighted by Crippen LogP contribution is 2.18. The molecule has 3 aromatic rings. The van der Waals surface area contributed by atoms with Crippen molar-refractivity contribution in [2.24, 2.45) is 0 Å². The number of aromatic nitrogens is 2. The van der Waals surface area contributed by atoms with Gasteiger partial charge >= 0.3 is 6.03 Å². The van der Waals surface area contributed by atoms with E-state index in [9.17, 15) is 9.90 Å². The monoisotopic (exact) mass is 405 g/mol. The van der Waals surface area contributed by atoms with Crippen LogP contribution in [0.3, 0.4) is 0 Å². The largest absolute Gasteiger partial charge is 0.390 e. The van der Waals surface area contributed by atoms with Gasteiger partial charge in [0.05, 0.1) is 11.8 Å². The molecular formula is C23H27N5O2. The molecule has 1 unspecified atom stereocenters. The molecule has 2 aromatic carbocycles. The Hall–Kier alpha value is -3.16. The predicted octanol–water partition coefficient (Wildman–Crippen LogP) is 2.72. The number of β-amino-alcohol motifs (C(OH)–C–C–N with tert-alkyl or cyclic N) is 1. The van der Waals surface area contributed by atoms with Crippen LogP contribution in [0.15, 0.2) is 60.8 Å². The van der Waals surface area contributed by atoms with Crippen molar-refractivity contribution >= 4 is 11.7 Å². The first-order chi connectivity index (χ1) is 14.6. The Balaban J connectivity index is 1.26. The van der Waals surface area contributed by atoms with Gasteiger partial charge in [-0.15, -0.1) is 0 Å². The van der Waals surface area contributed by atoms with Gasteiger partial charge in [0.2, 0.25) is 0 Å². The molecule has 7 heteroatoms. The first kappa shape index (κ1) is 20.1. The molecule has 1 atom stereocenters. The molecule has 0 fully saturated rings. The Morgan fingerprint density at radius 3 is 2.80 bits per heavy atom. The summed E-state index contributed by atoms with van der Waals surface area (Å²) in [7, 11) is 0. The normalized spacial score (nSPS) is 14.7. The average molecular weight is 406 g/mol. The van der Waals surface area contributed by atoms with Crippen molar-refractivity contribution in [2.45, 2.75) is 26.0 Å². The molecule has 0 radical (unpaired) electrons. The summed E-state index contributed by atoms with van der Waals surface area (Å²) >= 11 is 0. The fourth-order valence-electron chi connectivity index (χ4n) is 3.81. The molecule has 1 aromatic heterocycles. The second-order valence-corrected chi connectivity index (χ2v) is 7.68. The second-order valence-electron chi connectivity index (χ2n) is 7.68. The molecule has 4 rings (SSSR count). The van der Waals surface area contributed by atoms with Crippen LogP contribution in [-0.4, -0.2) is 51.6 Å². The van der Waals surface area contributed by atoms with Gasteiger partial charge in [-0.25, -0.2) is 9.48 Å². The maximum absolute atomic E-state index is 12.3. The summed E-state index contributed by atoms with van der Waals surface area (Å²) in [6.07, 6.45) is 2.10. The highest BCUT2D eigenvalue weighted by Gasteiger charge is 2.18. The van der Waals surface area contributed by atoms with Gasteiger partial charge in [-0.2, -0.15) is 5.10 Å². The number of rotatable bonds is 6. The number of anilines is 1. The molecule has 1 aliphatic heterocycles. The Morgan fingerprint density at radius 2 is 2.00 bits per heavy atom. The van der Waals surface area contributed by atoms with Gasteiger partial charge in [-0.3, -0.25) is 4.90 Å². The number of amides is 2. The summed E-state index contributed by atoms with van der Waals surface area (Å²) in [4.78, 5) is 14.5. The minimum Gasteiger partial charge on any atom is -0.390 e. The number of carbonyl (C=O) groups excluding carboxylic acids is 1. The molecule has 7 nitrogen and oxygen atoms in total. The van der Waals surface area contributed by atoms with Crippen LogP contribution in [0.4, 0.5) is 10.5 Å². The van der Waals surface area contributed by atoms with Crippen LogP contribution in [0.25, 0.3) is 5.69 Å². The van der Waals surface area contributed by atoms with Gasteiger partial charge in [0.25, 0.3) is 0 Å². The van der Waals surface area contributed by atoms with E-state index >= 15 is 0 Å². The van der Waals surface area contributed by atoms with Crippen LogP contribution >= 0.6 is 0 Å². The van der Waals surface area contributed by atoms with Crippen LogP contribution in [-0.2, 0) is 13.0 Å². The number of nitrogens with one attached hydrogen (secondary N) is 2. The zero-order chi connectivity index (χ0) is 20.9. The Kier molecular flexibility index (Phi) is 6.11. The summed E-state index contributed by atoms with van der Waals surface area (Å²) in [5.74, 6) is 0. The van der Waals surface area contributed by atoms with Crippen molar-refractivity contribution in [2.75, 3.05) is 25.0 Å². The SMILES string of the molecule is Cc1ccnn1-c1cccc(NC(=O)NCC(O)CN2CCc3ccccc3C2)c1. The third kappa shape index (κ3) is 4.87. The fraction of sp³-hybridized carbons (Fsp3) is 0.304. The van der Waals surface area contributed by atoms with Crippen molar-refractivity contribution in [1.29, 1.82) is 0 Å². The number of benzene rings is 2. The molecule has 1 aliphatic rings. The molecule has 156 valence electrons. The van der Waals surface area contributed by atoms with E-state index in [0.29, 0.717) is 12.2 Å². The number of urea groups is 1. The smallest absolute Gasteiger partial charge is 0.319 e. The summed E-state index contributed by atoms with van der Waals surface area (Å²) in [5.41, 5.74) is 5.25. The number of hydrogen-bond donors (Lipinski definition) is 3. The highest BCUT2D eigenvalue weighted by atomic mass is 16.3. The van der Waals surface area contributed by atoms with E-state index < -0.39 is 6.10 Å². The summed E-state index contributed by atoms with van der Waals surface area (Å²) < 4.78 is 1.81. The Morgan fingerprint density at radius 1 is 1.17 bits per heavy atom. The van der Waals surface area contributed by atoms with E-state index in [1.165, 1.54) is 11.1 Å². The van der Waals surface area contributed by atoms with Crippen LogP contribution in [0.2, 0.25) is 0 Å². The number of fused-ring (bicyclic) bond motifs is 1. The van der Waals surface area contributed by atoms with E-state index in [0.717, 1.165) is 30.9 Å². The van der Waals surface area contributed by atoms with E-state index in [2.05, 4.69) is 38.8 Å². The first-order valence-electron chi connectivity index (χ1n) is 10.2. The van der Waals surface area contributed by atoms with Gasteiger partial charge in [0.15, 0.2) is 0 Å². The zero-order valence-electron chi connectivity index (χ0n) is 17.1. The number of aliphatic hydroxyl groups excluding tert-OH is 1. The number of nitrogens with zero attached hydrogens (tertiary/aromatic N) is 3. The third-order valence-electron chi connectivity index (χ3n) is 5.36. The van der Waals surface area contributed by atoms with Crippen molar-refractivity contribution < 1.29 is 9.90 Å². The van der Waals surface area contributed by atoms with Crippen LogP contribution in [0.5, 0.6) is 0 Å². The number of aryl methyl sites for hydroxylation is 1. The predicted molar refractivity (Wildman–Crippen MR) is 117 cm³/mol. The molecule has 2 heterocycles. The molecule has 0 saturated heterocycles. The maximum atomic E-state index is 12.3. The van der Waals surface area contributed by atoms with Crippen molar-refractivity contribution in [3.8, 4) is 5.69 Å². The lowest BCUT2D eigenvalue weighted by Crippen LogP contribution is -2.42. The van der Waals surface area contributed by atoms with E-state index in [1.807, 2.05) is 48.0 Å². The van der Waals surface area contributed by atoms with E-state index in [4.69, 9.17) is 0 Å². The van der Waals surface area contributed by atoms with Crippen LogP contribution < -0.4 is 10.6 Å². The van der Waals surface area contributed by atoms with Crippen molar-refractivity contribution in [3.63, 3.8) is 0 Å². The van der Waals surface area contributed by atoms with Gasteiger partial charge in [-0.05, 0) is 48.7 Å². The van der Waals surface area contributed by atoms with Gasteiger partial charge in [0, 0.05) is 43.8 Å². The third-order valence-corrected chi connectivity index (χ3v) is 5.36. The molecule has 0 bridgehead atoms. The molecule has 3 N–H and O–H groups in total. The van der Waals surface area contributed by atoms with Crippen LogP contribution in [0.1, 0.15) is 16.8 Å². The maximum Gasteiger partial charge on any atom is 0.319 e. The Labute approximate surface area is 176 Å². The molecule has 0 saturated carbocycles. The number of aliphatic hydroxyl groups is 1. The Bertz CT molecular complexity index is 1020. The molecular weight excluding hydrogens is 378 g/mol. The quantitative estimate of drug-likeness (QED) is 0.589. The van der Waals surface area contributed by atoms with Gasteiger partial charge in [-0.1, -0.05) is 30.3 Å². The summed E-state index contributed by atoms with van der Waals surface area (Å²) in [6.45, 7) is 4.45. The molecule has 2 amide bonds. The van der Waals surface area contributed by atoms with Gasteiger partial charge in [0.1, 0.15) is 0 Å². The van der Waals surface area contributed by atoms with Crippen LogP contribution in [0, 0.1) is 6.92 Å². The fourth-order valence-corrected chi connectivity index (χ4v) is 3.81. The minimum atomic E-state index is -0.626. The minimum absolute atomic E-state index is 0.196.